The molecule has 3 heterocycles. The minimum absolute atomic E-state index is 0.0746. The van der Waals surface area contributed by atoms with Crippen LogP contribution in [-0.4, -0.2) is 29.6 Å². The van der Waals surface area contributed by atoms with E-state index in [2.05, 4.69) is 10.6 Å². The van der Waals surface area contributed by atoms with Gasteiger partial charge in [0.1, 0.15) is 0 Å². The first-order valence-electron chi connectivity index (χ1n) is 7.43. The Morgan fingerprint density at radius 2 is 2.20 bits per heavy atom. The van der Waals surface area contributed by atoms with Crippen molar-refractivity contribution >= 4 is 17.2 Å². The SMILES string of the molecule is O=C(CC1CC2CCC(C1)N2)NCC(O)c1ccsc1. The highest BCUT2D eigenvalue weighted by molar-refractivity contribution is 7.07. The molecule has 3 atom stereocenters. The van der Waals surface area contributed by atoms with E-state index in [1.54, 1.807) is 11.3 Å². The molecule has 20 heavy (non-hydrogen) atoms. The summed E-state index contributed by atoms with van der Waals surface area (Å²) < 4.78 is 0. The highest BCUT2D eigenvalue weighted by atomic mass is 32.1. The van der Waals surface area contributed by atoms with Crippen molar-refractivity contribution in [3.8, 4) is 0 Å². The average Bonchev–Trinajstić information content (AvgIpc) is 3.06. The zero-order chi connectivity index (χ0) is 13.9. The van der Waals surface area contributed by atoms with Crippen LogP contribution >= 0.6 is 11.3 Å². The predicted molar refractivity (Wildman–Crippen MR) is 79.6 cm³/mol. The maximum Gasteiger partial charge on any atom is 0.220 e. The first kappa shape index (κ1) is 14.0. The number of aliphatic hydroxyl groups excluding tert-OH is 1. The first-order chi connectivity index (χ1) is 9.70. The first-order valence-corrected chi connectivity index (χ1v) is 8.38. The van der Waals surface area contributed by atoms with Crippen molar-refractivity contribution in [1.29, 1.82) is 0 Å². The van der Waals surface area contributed by atoms with Gasteiger partial charge in [0.15, 0.2) is 0 Å². The number of hydrogen-bond donors (Lipinski definition) is 3. The largest absolute Gasteiger partial charge is 0.387 e. The summed E-state index contributed by atoms with van der Waals surface area (Å²) in [6.45, 7) is 0.313. The van der Waals surface area contributed by atoms with Crippen molar-refractivity contribution in [2.45, 2.75) is 50.3 Å². The number of carbonyl (C=O) groups excluding carboxylic acids is 1. The van der Waals surface area contributed by atoms with E-state index in [1.165, 1.54) is 12.8 Å². The summed E-state index contributed by atoms with van der Waals surface area (Å²) >= 11 is 1.56. The maximum atomic E-state index is 12.0. The van der Waals surface area contributed by atoms with Crippen LogP contribution in [0.25, 0.3) is 0 Å². The molecular formula is C15H22N2O2S. The molecular weight excluding hydrogens is 272 g/mol. The van der Waals surface area contributed by atoms with Gasteiger partial charge in [0.2, 0.25) is 5.91 Å². The van der Waals surface area contributed by atoms with Crippen LogP contribution in [0.5, 0.6) is 0 Å². The molecule has 2 fully saturated rings. The number of piperidine rings is 1. The van der Waals surface area contributed by atoms with Crippen LogP contribution in [0.1, 0.15) is 43.8 Å². The number of hydrogen-bond acceptors (Lipinski definition) is 4. The number of fused-ring (bicyclic) bond motifs is 2. The second kappa shape index (κ2) is 6.24. The van der Waals surface area contributed by atoms with E-state index in [1.807, 2.05) is 16.8 Å². The van der Waals surface area contributed by atoms with Gasteiger partial charge < -0.3 is 15.7 Å². The minimum Gasteiger partial charge on any atom is -0.387 e. The number of aliphatic hydroxyl groups is 1. The van der Waals surface area contributed by atoms with Crippen LogP contribution in [0.4, 0.5) is 0 Å². The van der Waals surface area contributed by atoms with Gasteiger partial charge in [0, 0.05) is 25.0 Å². The molecule has 5 heteroatoms. The second-order valence-corrected chi connectivity index (χ2v) is 6.84. The van der Waals surface area contributed by atoms with Crippen molar-refractivity contribution in [2.75, 3.05) is 6.54 Å². The minimum atomic E-state index is -0.589. The number of amides is 1. The Morgan fingerprint density at radius 3 is 2.85 bits per heavy atom. The number of rotatable bonds is 5. The molecule has 1 aromatic rings. The Hall–Kier alpha value is -0.910. The smallest absolute Gasteiger partial charge is 0.220 e. The topological polar surface area (TPSA) is 61.4 Å². The summed E-state index contributed by atoms with van der Waals surface area (Å²) in [4.78, 5) is 12.0. The van der Waals surface area contributed by atoms with Crippen molar-refractivity contribution in [2.24, 2.45) is 5.92 Å². The monoisotopic (exact) mass is 294 g/mol. The summed E-state index contributed by atoms with van der Waals surface area (Å²) in [7, 11) is 0. The van der Waals surface area contributed by atoms with Crippen LogP contribution in [-0.2, 0) is 4.79 Å². The fourth-order valence-corrected chi connectivity index (χ4v) is 4.18. The summed E-state index contributed by atoms with van der Waals surface area (Å²) in [5.41, 5.74) is 0.884. The van der Waals surface area contributed by atoms with Gasteiger partial charge in [0.25, 0.3) is 0 Å². The lowest BCUT2D eigenvalue weighted by molar-refractivity contribution is -0.122. The highest BCUT2D eigenvalue weighted by Gasteiger charge is 2.34. The fourth-order valence-electron chi connectivity index (χ4n) is 3.47. The number of thiophene rings is 1. The van der Waals surface area contributed by atoms with Gasteiger partial charge in [-0.1, -0.05) is 0 Å². The zero-order valence-electron chi connectivity index (χ0n) is 11.5. The number of nitrogens with one attached hydrogen (secondary N) is 2. The molecule has 4 nitrogen and oxygen atoms in total. The van der Waals surface area contributed by atoms with Gasteiger partial charge >= 0.3 is 0 Å². The molecule has 2 aliphatic rings. The molecule has 110 valence electrons. The third kappa shape index (κ3) is 3.40. The van der Waals surface area contributed by atoms with Crippen LogP contribution in [0, 0.1) is 5.92 Å². The molecule has 3 unspecified atom stereocenters. The van der Waals surface area contributed by atoms with E-state index in [-0.39, 0.29) is 5.91 Å². The molecule has 2 aliphatic heterocycles. The van der Waals surface area contributed by atoms with E-state index in [4.69, 9.17) is 0 Å². The van der Waals surface area contributed by atoms with Gasteiger partial charge in [-0.15, -0.1) is 0 Å². The van der Waals surface area contributed by atoms with Crippen molar-refractivity contribution in [3.63, 3.8) is 0 Å². The lowest BCUT2D eigenvalue weighted by Crippen LogP contribution is -2.40. The lowest BCUT2D eigenvalue weighted by Gasteiger charge is -2.28. The zero-order valence-corrected chi connectivity index (χ0v) is 12.4. The van der Waals surface area contributed by atoms with E-state index in [0.717, 1.165) is 18.4 Å². The molecule has 0 spiro atoms. The van der Waals surface area contributed by atoms with E-state index in [9.17, 15) is 9.90 Å². The Balaban J connectivity index is 1.41. The molecule has 0 aromatic carbocycles. The van der Waals surface area contributed by atoms with Gasteiger partial charge in [0.05, 0.1) is 6.10 Å². The van der Waals surface area contributed by atoms with Gasteiger partial charge in [-0.25, -0.2) is 0 Å². The van der Waals surface area contributed by atoms with E-state index < -0.39 is 6.10 Å². The van der Waals surface area contributed by atoms with Crippen LogP contribution in [0.15, 0.2) is 16.8 Å². The quantitative estimate of drug-likeness (QED) is 0.776. The molecule has 0 saturated carbocycles. The molecule has 1 aromatic heterocycles. The molecule has 3 rings (SSSR count). The molecule has 0 radical (unpaired) electrons. The Kier molecular flexibility index (Phi) is 4.38. The van der Waals surface area contributed by atoms with Gasteiger partial charge in [-0.2, -0.15) is 11.3 Å². The van der Waals surface area contributed by atoms with Crippen molar-refractivity contribution < 1.29 is 9.90 Å². The molecule has 1 amide bonds. The second-order valence-electron chi connectivity index (χ2n) is 6.06. The normalized spacial score (nSPS) is 30.1. The van der Waals surface area contributed by atoms with Crippen LogP contribution in [0.2, 0.25) is 0 Å². The summed E-state index contributed by atoms with van der Waals surface area (Å²) in [5.74, 6) is 0.581. The Labute approximate surface area is 123 Å². The number of carbonyl (C=O) groups is 1. The highest BCUT2D eigenvalue weighted by Crippen LogP contribution is 2.32. The van der Waals surface area contributed by atoms with Gasteiger partial charge in [-0.05, 0) is 54.0 Å². The molecule has 3 N–H and O–H groups in total. The Bertz CT molecular complexity index is 437. The summed E-state index contributed by atoms with van der Waals surface area (Å²) in [6.07, 6.45) is 4.78. The summed E-state index contributed by atoms with van der Waals surface area (Å²) in [6, 6.07) is 3.15. The Morgan fingerprint density at radius 1 is 1.45 bits per heavy atom. The van der Waals surface area contributed by atoms with E-state index >= 15 is 0 Å². The molecule has 0 aliphatic carbocycles. The third-order valence-electron chi connectivity index (χ3n) is 4.47. The predicted octanol–water partition coefficient (Wildman–Crippen LogP) is 1.82. The summed E-state index contributed by atoms with van der Waals surface area (Å²) in [5, 5.41) is 20.2. The standard InChI is InChI=1S/C15H22N2O2S/c18-14(11-3-4-20-9-11)8-16-15(19)7-10-5-12-1-2-13(6-10)17-12/h3-4,9-10,12-14,17-18H,1-2,5-8H2,(H,16,19). The molecule has 2 bridgehead atoms. The third-order valence-corrected chi connectivity index (χ3v) is 5.17. The lowest BCUT2D eigenvalue weighted by atomic mass is 9.89. The van der Waals surface area contributed by atoms with E-state index in [0.29, 0.717) is 31.0 Å². The van der Waals surface area contributed by atoms with Gasteiger partial charge in [-0.3, -0.25) is 4.79 Å². The van der Waals surface area contributed by atoms with Crippen molar-refractivity contribution in [1.82, 2.24) is 10.6 Å². The maximum absolute atomic E-state index is 12.0. The van der Waals surface area contributed by atoms with Crippen molar-refractivity contribution in [3.05, 3.63) is 22.4 Å². The molecule has 2 saturated heterocycles. The van der Waals surface area contributed by atoms with Crippen LogP contribution < -0.4 is 10.6 Å². The van der Waals surface area contributed by atoms with Crippen LogP contribution in [0.3, 0.4) is 0 Å². The average molecular weight is 294 g/mol. The fraction of sp³-hybridized carbons (Fsp3) is 0.667.